The van der Waals surface area contributed by atoms with E-state index in [-0.39, 0.29) is 0 Å². The zero-order chi connectivity index (χ0) is 14.0. The average molecular weight is 242 g/mol. The van der Waals surface area contributed by atoms with Crippen LogP contribution in [0.3, 0.4) is 0 Å². The molecule has 2 heteroatoms. The zero-order valence-corrected chi connectivity index (χ0v) is 10.8. The van der Waals surface area contributed by atoms with Gasteiger partial charge in [0.15, 0.2) is 0 Å². The molecule has 0 aliphatic carbocycles. The fourth-order valence-electron chi connectivity index (χ4n) is 1.29. The zero-order valence-electron chi connectivity index (χ0n) is 10.8. The second kappa shape index (κ2) is 8.88. The van der Waals surface area contributed by atoms with Crippen molar-refractivity contribution in [3.05, 3.63) is 72.9 Å². The highest BCUT2D eigenvalue weighted by Crippen LogP contribution is 2.08. The number of hydrogen-bond acceptors (Lipinski definition) is 2. The molecule has 0 radical (unpaired) electrons. The summed E-state index contributed by atoms with van der Waals surface area (Å²) in [6, 6.07) is 0. The van der Waals surface area contributed by atoms with Gasteiger partial charge in [-0.1, -0.05) is 61.8 Å². The van der Waals surface area contributed by atoms with Crippen molar-refractivity contribution in [1.82, 2.24) is 0 Å². The highest BCUT2D eigenvalue weighted by atomic mass is 16.2. The number of ketones is 2. The molecule has 0 spiro atoms. The van der Waals surface area contributed by atoms with E-state index in [4.69, 9.17) is 0 Å². The van der Waals surface area contributed by atoms with E-state index in [0.29, 0.717) is 11.1 Å². The Morgan fingerprint density at radius 1 is 0.778 bits per heavy atom. The number of hydrogen-bond donors (Lipinski definition) is 0. The maximum atomic E-state index is 12.0. The number of carbonyl (C=O) groups is 2. The highest BCUT2D eigenvalue weighted by molar-refractivity contribution is 6.50. The Morgan fingerprint density at radius 2 is 1.11 bits per heavy atom. The van der Waals surface area contributed by atoms with Crippen LogP contribution in [0.1, 0.15) is 13.8 Å². The van der Waals surface area contributed by atoms with Gasteiger partial charge < -0.3 is 0 Å². The van der Waals surface area contributed by atoms with Crippen LogP contribution < -0.4 is 0 Å². The highest BCUT2D eigenvalue weighted by Gasteiger charge is 2.18. The summed E-state index contributed by atoms with van der Waals surface area (Å²) in [5, 5.41) is 0. The molecule has 0 N–H and O–H groups in total. The molecule has 0 unspecified atom stereocenters. The average Bonchev–Trinajstić information content (AvgIpc) is 2.36. The van der Waals surface area contributed by atoms with E-state index in [1.165, 1.54) is 24.3 Å². The maximum Gasteiger partial charge on any atom is 0.233 e. The topological polar surface area (TPSA) is 34.1 Å². The van der Waals surface area contributed by atoms with Gasteiger partial charge in [-0.15, -0.1) is 0 Å². The second-order valence-electron chi connectivity index (χ2n) is 3.37. The predicted octanol–water partition coefficient (Wildman–Crippen LogP) is 3.50. The minimum atomic E-state index is -0.556. The van der Waals surface area contributed by atoms with E-state index in [0.717, 1.165) is 0 Å². The summed E-state index contributed by atoms with van der Waals surface area (Å²) < 4.78 is 0. The molecule has 94 valence electrons. The van der Waals surface area contributed by atoms with Gasteiger partial charge in [-0.25, -0.2) is 0 Å². The molecule has 0 heterocycles. The van der Waals surface area contributed by atoms with Crippen LogP contribution >= 0.6 is 0 Å². The molecule has 0 saturated carbocycles. The van der Waals surface area contributed by atoms with Gasteiger partial charge in [0, 0.05) is 11.1 Å². The quantitative estimate of drug-likeness (QED) is 0.389. The Kier molecular flexibility index (Phi) is 7.78. The number of rotatable bonds is 7. The van der Waals surface area contributed by atoms with Crippen molar-refractivity contribution in [1.29, 1.82) is 0 Å². The molecule has 2 nitrogen and oxygen atoms in total. The molecule has 0 bridgehead atoms. The summed E-state index contributed by atoms with van der Waals surface area (Å²) in [5.41, 5.74) is 0.633. The van der Waals surface area contributed by atoms with Crippen LogP contribution in [0, 0.1) is 0 Å². The van der Waals surface area contributed by atoms with Crippen LogP contribution in [-0.2, 0) is 9.59 Å². The van der Waals surface area contributed by atoms with E-state index in [1.54, 1.807) is 38.2 Å². The molecule has 0 aromatic heterocycles. The van der Waals surface area contributed by atoms with Crippen LogP contribution in [0.4, 0.5) is 0 Å². The molecule has 0 saturated heterocycles. The van der Waals surface area contributed by atoms with E-state index in [9.17, 15) is 9.59 Å². The van der Waals surface area contributed by atoms with Crippen molar-refractivity contribution < 1.29 is 9.59 Å². The first-order chi connectivity index (χ1) is 8.62. The predicted molar refractivity (Wildman–Crippen MR) is 76.2 cm³/mol. The van der Waals surface area contributed by atoms with Gasteiger partial charge in [-0.3, -0.25) is 9.59 Å². The van der Waals surface area contributed by atoms with Gasteiger partial charge in [0.1, 0.15) is 0 Å². The normalized spacial score (nSPS) is 13.0. The summed E-state index contributed by atoms with van der Waals surface area (Å²) in [7, 11) is 0. The van der Waals surface area contributed by atoms with Crippen molar-refractivity contribution in [3.8, 4) is 0 Å². The molecule has 0 amide bonds. The second-order valence-corrected chi connectivity index (χ2v) is 3.37. The Morgan fingerprint density at radius 3 is 1.33 bits per heavy atom. The van der Waals surface area contributed by atoms with Gasteiger partial charge in [0.05, 0.1) is 0 Å². The molecule has 18 heavy (non-hydrogen) atoms. The molecular weight excluding hydrogens is 224 g/mol. The SMILES string of the molecule is C=C/C=C(\C=C/C)C(=O)C(=O)C(/C=C\C)=C/C=C. The molecule has 0 aromatic rings. The number of carbonyl (C=O) groups excluding carboxylic acids is 2. The lowest BCUT2D eigenvalue weighted by atomic mass is 10.00. The van der Waals surface area contributed by atoms with Gasteiger partial charge in [0.25, 0.3) is 0 Å². The molecule has 0 rings (SSSR count). The van der Waals surface area contributed by atoms with Crippen LogP contribution in [0.2, 0.25) is 0 Å². The molecule has 0 aliphatic heterocycles. The first kappa shape index (κ1) is 15.8. The third kappa shape index (κ3) is 4.74. The lowest BCUT2D eigenvalue weighted by molar-refractivity contribution is -0.131. The minimum Gasteiger partial charge on any atom is -0.285 e. The van der Waals surface area contributed by atoms with Gasteiger partial charge in [-0.2, -0.15) is 0 Å². The Hall–Kier alpha value is -2.22. The van der Waals surface area contributed by atoms with Crippen LogP contribution in [0.25, 0.3) is 0 Å². The largest absolute Gasteiger partial charge is 0.285 e. The number of Topliss-reactive ketones (excluding diaryl/α,β-unsaturated/α-hetero) is 2. The van der Waals surface area contributed by atoms with Crippen molar-refractivity contribution in [2.75, 3.05) is 0 Å². The summed E-state index contributed by atoms with van der Waals surface area (Å²) >= 11 is 0. The molecule has 0 aliphatic rings. The third-order valence-electron chi connectivity index (χ3n) is 2.02. The Balaban J connectivity index is 5.36. The van der Waals surface area contributed by atoms with E-state index < -0.39 is 11.6 Å². The van der Waals surface area contributed by atoms with Gasteiger partial charge >= 0.3 is 0 Å². The summed E-state index contributed by atoms with van der Waals surface area (Å²) in [4.78, 5) is 24.0. The summed E-state index contributed by atoms with van der Waals surface area (Å²) in [6.45, 7) is 10.6. The lowest BCUT2D eigenvalue weighted by Gasteiger charge is -2.01. The summed E-state index contributed by atoms with van der Waals surface area (Å²) in [6.07, 6.45) is 12.6. The minimum absolute atomic E-state index is 0.317. The van der Waals surface area contributed by atoms with Crippen molar-refractivity contribution >= 4 is 11.6 Å². The monoisotopic (exact) mass is 242 g/mol. The first-order valence-electron chi connectivity index (χ1n) is 5.62. The molecule has 0 atom stereocenters. The van der Waals surface area contributed by atoms with Crippen molar-refractivity contribution in [2.45, 2.75) is 13.8 Å². The smallest absolute Gasteiger partial charge is 0.233 e. The number of allylic oxidation sites excluding steroid dienone is 10. The van der Waals surface area contributed by atoms with E-state index in [1.807, 2.05) is 0 Å². The fourth-order valence-corrected chi connectivity index (χ4v) is 1.29. The lowest BCUT2D eigenvalue weighted by Crippen LogP contribution is -2.16. The standard InChI is InChI=1S/C16H18O2/c1-5-9-13(10-6-2)15(17)16(18)14(11-7-3)12-8-4/h5-12H,1,3H2,2,4H3/b10-6-,12-8-,13-9+,14-11+. The van der Waals surface area contributed by atoms with Gasteiger partial charge in [-0.05, 0) is 13.8 Å². The van der Waals surface area contributed by atoms with Crippen LogP contribution in [-0.4, -0.2) is 11.6 Å². The van der Waals surface area contributed by atoms with Crippen LogP contribution in [0.15, 0.2) is 72.9 Å². The summed E-state index contributed by atoms with van der Waals surface area (Å²) in [5.74, 6) is -1.11. The van der Waals surface area contributed by atoms with Crippen LogP contribution in [0.5, 0.6) is 0 Å². The Bertz CT molecular complexity index is 413. The first-order valence-corrected chi connectivity index (χ1v) is 5.62. The Labute approximate surface area is 108 Å². The van der Waals surface area contributed by atoms with E-state index >= 15 is 0 Å². The molecular formula is C16H18O2. The van der Waals surface area contributed by atoms with Crippen molar-refractivity contribution in [2.24, 2.45) is 0 Å². The van der Waals surface area contributed by atoms with Gasteiger partial charge in [0.2, 0.25) is 11.6 Å². The molecule has 0 fully saturated rings. The fraction of sp³-hybridized carbons (Fsp3) is 0.125. The maximum absolute atomic E-state index is 12.0. The third-order valence-corrected chi connectivity index (χ3v) is 2.02. The molecule has 0 aromatic carbocycles. The van der Waals surface area contributed by atoms with Crippen molar-refractivity contribution in [3.63, 3.8) is 0 Å². The van der Waals surface area contributed by atoms with E-state index in [2.05, 4.69) is 13.2 Å².